The van der Waals surface area contributed by atoms with Gasteiger partial charge >= 0.3 is 0 Å². The van der Waals surface area contributed by atoms with Gasteiger partial charge in [-0.25, -0.2) is 4.98 Å². The third-order valence-corrected chi connectivity index (χ3v) is 2.35. The topological polar surface area (TPSA) is 43.8 Å². The first-order chi connectivity index (χ1) is 6.81. The molecule has 0 saturated carbocycles. The van der Waals surface area contributed by atoms with E-state index in [0.717, 1.165) is 11.3 Å². The summed E-state index contributed by atoms with van der Waals surface area (Å²) in [5.74, 6) is 0. The molecule has 1 aromatic carbocycles. The normalized spacial score (nSPS) is 10.4. The third kappa shape index (κ3) is 1.64. The van der Waals surface area contributed by atoms with E-state index in [4.69, 9.17) is 17.3 Å². The van der Waals surface area contributed by atoms with E-state index in [0.29, 0.717) is 11.6 Å². The number of rotatable bonds is 2. The lowest BCUT2D eigenvalue weighted by Gasteiger charge is -2.06. The Morgan fingerprint density at radius 3 is 2.93 bits per heavy atom. The summed E-state index contributed by atoms with van der Waals surface area (Å²) in [6, 6.07) is 5.73. The van der Waals surface area contributed by atoms with Crippen molar-refractivity contribution in [3.05, 3.63) is 47.5 Å². The first kappa shape index (κ1) is 9.24. The van der Waals surface area contributed by atoms with Crippen molar-refractivity contribution in [2.24, 2.45) is 5.73 Å². The minimum absolute atomic E-state index is 0.513. The maximum absolute atomic E-state index is 6.06. The van der Waals surface area contributed by atoms with Crippen LogP contribution in [0.3, 0.4) is 0 Å². The molecule has 72 valence electrons. The molecule has 0 saturated heterocycles. The van der Waals surface area contributed by atoms with Gasteiger partial charge in [-0.15, -0.1) is 0 Å². The number of hydrogen-bond acceptors (Lipinski definition) is 2. The summed E-state index contributed by atoms with van der Waals surface area (Å²) in [6.07, 6.45) is 5.27. The number of benzene rings is 1. The maximum Gasteiger partial charge on any atom is 0.0992 e. The Hall–Kier alpha value is -1.32. The molecule has 0 amide bonds. The zero-order valence-corrected chi connectivity index (χ0v) is 8.28. The van der Waals surface area contributed by atoms with E-state index in [1.807, 2.05) is 29.0 Å². The molecule has 2 aromatic rings. The van der Waals surface area contributed by atoms with Crippen LogP contribution in [-0.2, 0) is 6.54 Å². The average Bonchev–Trinajstić information content (AvgIpc) is 2.71. The predicted octanol–water partition coefficient (Wildman–Crippen LogP) is 1.98. The second-order valence-electron chi connectivity index (χ2n) is 2.96. The highest BCUT2D eigenvalue weighted by atomic mass is 35.5. The molecule has 1 heterocycles. The molecule has 0 fully saturated rings. The molecule has 0 unspecified atom stereocenters. The fraction of sp³-hybridized carbons (Fsp3) is 0.100. The quantitative estimate of drug-likeness (QED) is 0.819. The van der Waals surface area contributed by atoms with E-state index in [9.17, 15) is 0 Å². The van der Waals surface area contributed by atoms with Crippen molar-refractivity contribution in [2.75, 3.05) is 0 Å². The van der Waals surface area contributed by atoms with Gasteiger partial charge in [-0.05, 0) is 17.7 Å². The van der Waals surface area contributed by atoms with Crippen molar-refractivity contribution in [2.45, 2.75) is 6.54 Å². The number of aromatic nitrogens is 2. The molecule has 0 bridgehead atoms. The second-order valence-corrected chi connectivity index (χ2v) is 3.37. The molecule has 0 aliphatic carbocycles. The first-order valence-electron chi connectivity index (χ1n) is 4.28. The molecule has 0 atom stereocenters. The van der Waals surface area contributed by atoms with Crippen LogP contribution in [0.2, 0.25) is 5.02 Å². The van der Waals surface area contributed by atoms with Gasteiger partial charge in [-0.3, -0.25) is 0 Å². The molecule has 0 aliphatic rings. The Kier molecular flexibility index (Phi) is 2.52. The first-order valence-corrected chi connectivity index (χ1v) is 4.66. The molecule has 0 spiro atoms. The van der Waals surface area contributed by atoms with Crippen LogP contribution in [0.25, 0.3) is 5.69 Å². The molecular formula is C10H10ClN3. The fourth-order valence-electron chi connectivity index (χ4n) is 1.28. The van der Waals surface area contributed by atoms with E-state index >= 15 is 0 Å². The van der Waals surface area contributed by atoms with Crippen LogP contribution in [0.5, 0.6) is 0 Å². The predicted molar refractivity (Wildman–Crippen MR) is 56.5 cm³/mol. The minimum atomic E-state index is 0.513. The molecular weight excluding hydrogens is 198 g/mol. The van der Waals surface area contributed by atoms with Gasteiger partial charge in [0.2, 0.25) is 0 Å². The van der Waals surface area contributed by atoms with Crippen molar-refractivity contribution in [1.82, 2.24) is 9.55 Å². The smallest absolute Gasteiger partial charge is 0.0992 e. The van der Waals surface area contributed by atoms with Gasteiger partial charge in [0.05, 0.1) is 17.0 Å². The molecule has 4 heteroatoms. The zero-order chi connectivity index (χ0) is 9.97. The summed E-state index contributed by atoms with van der Waals surface area (Å²) in [5, 5.41) is 0.695. The van der Waals surface area contributed by atoms with E-state index in [1.165, 1.54) is 0 Å². The highest BCUT2D eigenvalue weighted by Gasteiger charge is 2.02. The van der Waals surface area contributed by atoms with Gasteiger partial charge in [-0.2, -0.15) is 0 Å². The van der Waals surface area contributed by atoms with Gasteiger partial charge in [0.15, 0.2) is 0 Å². The van der Waals surface area contributed by atoms with E-state index in [1.54, 1.807) is 12.5 Å². The summed E-state index contributed by atoms with van der Waals surface area (Å²) in [7, 11) is 0. The van der Waals surface area contributed by atoms with E-state index in [2.05, 4.69) is 4.98 Å². The lowest BCUT2D eigenvalue weighted by atomic mass is 10.2. The number of halogens is 1. The van der Waals surface area contributed by atoms with Gasteiger partial charge in [0, 0.05) is 18.9 Å². The molecule has 2 N–H and O–H groups in total. The van der Waals surface area contributed by atoms with Crippen molar-refractivity contribution in [1.29, 1.82) is 0 Å². The van der Waals surface area contributed by atoms with Crippen LogP contribution in [0.1, 0.15) is 5.56 Å². The summed E-state index contributed by atoms with van der Waals surface area (Å²) >= 11 is 6.06. The Labute approximate surface area is 87.1 Å². The molecule has 0 aliphatic heterocycles. The van der Waals surface area contributed by atoms with E-state index in [-0.39, 0.29) is 0 Å². The number of hydrogen-bond donors (Lipinski definition) is 1. The molecule has 2 rings (SSSR count). The van der Waals surface area contributed by atoms with Crippen molar-refractivity contribution < 1.29 is 0 Å². The summed E-state index contributed by atoms with van der Waals surface area (Å²) < 4.78 is 1.86. The Morgan fingerprint density at radius 1 is 1.43 bits per heavy atom. The Balaban J connectivity index is 2.51. The molecule has 3 nitrogen and oxygen atoms in total. The minimum Gasteiger partial charge on any atom is -0.326 e. The summed E-state index contributed by atoms with van der Waals surface area (Å²) in [5.41, 5.74) is 7.52. The van der Waals surface area contributed by atoms with Crippen molar-refractivity contribution >= 4 is 11.6 Å². The van der Waals surface area contributed by atoms with Gasteiger partial charge in [0.25, 0.3) is 0 Å². The molecule has 1 aromatic heterocycles. The van der Waals surface area contributed by atoms with Crippen LogP contribution >= 0.6 is 11.6 Å². The fourth-order valence-corrected chi connectivity index (χ4v) is 1.50. The number of nitrogens with two attached hydrogens (primary N) is 1. The monoisotopic (exact) mass is 207 g/mol. The van der Waals surface area contributed by atoms with Gasteiger partial charge in [-0.1, -0.05) is 17.7 Å². The lowest BCUT2D eigenvalue weighted by Crippen LogP contribution is -1.99. The highest BCUT2D eigenvalue weighted by Crippen LogP contribution is 2.21. The largest absolute Gasteiger partial charge is 0.326 e. The van der Waals surface area contributed by atoms with Crippen molar-refractivity contribution in [3.63, 3.8) is 0 Å². The van der Waals surface area contributed by atoms with Crippen LogP contribution in [0, 0.1) is 0 Å². The average molecular weight is 208 g/mol. The van der Waals surface area contributed by atoms with Gasteiger partial charge < -0.3 is 10.3 Å². The van der Waals surface area contributed by atoms with Crippen molar-refractivity contribution in [3.8, 4) is 5.69 Å². The Bertz CT molecular complexity index is 423. The summed E-state index contributed by atoms with van der Waals surface area (Å²) in [6.45, 7) is 0.513. The Morgan fingerprint density at radius 2 is 2.29 bits per heavy atom. The van der Waals surface area contributed by atoms with E-state index < -0.39 is 0 Å². The second kappa shape index (κ2) is 3.82. The molecule has 14 heavy (non-hydrogen) atoms. The highest BCUT2D eigenvalue weighted by molar-refractivity contribution is 6.32. The standard InChI is InChI=1S/C10H10ClN3/c11-9-2-1-8(6-12)5-10(9)14-4-3-13-7-14/h1-5,7H,6,12H2. The van der Waals surface area contributed by atoms with Crippen LogP contribution < -0.4 is 5.73 Å². The van der Waals surface area contributed by atoms with Crippen LogP contribution in [0.4, 0.5) is 0 Å². The third-order valence-electron chi connectivity index (χ3n) is 2.03. The maximum atomic E-state index is 6.06. The number of imidazole rings is 1. The van der Waals surface area contributed by atoms with Gasteiger partial charge in [0.1, 0.15) is 0 Å². The summed E-state index contributed by atoms with van der Waals surface area (Å²) in [4.78, 5) is 3.97. The molecule has 0 radical (unpaired) electrons. The lowest BCUT2D eigenvalue weighted by molar-refractivity contribution is 1.02. The van der Waals surface area contributed by atoms with Crippen LogP contribution in [0.15, 0.2) is 36.9 Å². The van der Waals surface area contributed by atoms with Crippen LogP contribution in [-0.4, -0.2) is 9.55 Å². The SMILES string of the molecule is NCc1ccc(Cl)c(-n2ccnc2)c1. The zero-order valence-electron chi connectivity index (χ0n) is 7.52. The number of nitrogens with zero attached hydrogens (tertiary/aromatic N) is 2.